The number of rotatable bonds is 10. The van der Waals surface area contributed by atoms with E-state index in [-0.39, 0.29) is 30.3 Å². The van der Waals surface area contributed by atoms with Crippen molar-refractivity contribution in [1.82, 2.24) is 0 Å². The van der Waals surface area contributed by atoms with Gasteiger partial charge in [0.15, 0.2) is 0 Å². The van der Waals surface area contributed by atoms with E-state index < -0.39 is 0 Å². The van der Waals surface area contributed by atoms with Gasteiger partial charge in [-0.1, -0.05) is 0 Å². The van der Waals surface area contributed by atoms with Crippen molar-refractivity contribution in [2.45, 2.75) is 50.1 Å². The van der Waals surface area contributed by atoms with Crippen LogP contribution in [-0.2, 0) is 44.6 Å². The highest BCUT2D eigenvalue weighted by atomic mass is 16.6. The molecule has 4 saturated heterocycles. The molecule has 0 saturated carbocycles. The first-order valence-corrected chi connectivity index (χ1v) is 11.6. The summed E-state index contributed by atoms with van der Waals surface area (Å²) < 4.78 is 22.2. The van der Waals surface area contributed by atoms with E-state index in [1.165, 1.54) is 0 Å². The van der Waals surface area contributed by atoms with Crippen molar-refractivity contribution in [3.8, 4) is 0 Å². The number of nitrogens with two attached hydrogens (primary N) is 2. The number of carbonyl (C=O) groups is 1. The number of carbonyl (C=O) groups excluding carboxylic acids is 1. The van der Waals surface area contributed by atoms with Gasteiger partial charge < -0.3 is 35.7 Å². The first-order valence-electron chi connectivity index (χ1n) is 11.6. The molecular formula is C25H29N3O5. The smallest absolute Gasteiger partial charge is 0.256 e. The summed E-state index contributed by atoms with van der Waals surface area (Å²) in [7, 11) is 0. The van der Waals surface area contributed by atoms with Crippen LogP contribution in [0.1, 0.15) is 32.6 Å². The van der Waals surface area contributed by atoms with Crippen LogP contribution >= 0.6 is 0 Å². The fourth-order valence-corrected chi connectivity index (χ4v) is 4.60. The summed E-state index contributed by atoms with van der Waals surface area (Å²) in [5.41, 5.74) is 19.5. The van der Waals surface area contributed by atoms with Gasteiger partial charge in [-0.3, -0.25) is 4.79 Å². The van der Waals surface area contributed by atoms with Crippen LogP contribution in [0, 0.1) is 0 Å². The van der Waals surface area contributed by atoms with E-state index >= 15 is 0 Å². The van der Waals surface area contributed by atoms with Gasteiger partial charge in [0.25, 0.3) is 5.91 Å². The normalized spacial score (nSPS) is 26.7. The van der Waals surface area contributed by atoms with Gasteiger partial charge in [0.1, 0.15) is 0 Å². The molecule has 1 amide bonds. The summed E-state index contributed by atoms with van der Waals surface area (Å²) in [4.78, 5) is 13.8. The second kappa shape index (κ2) is 8.29. The summed E-state index contributed by atoms with van der Waals surface area (Å²) >= 11 is 0. The summed E-state index contributed by atoms with van der Waals surface area (Å²) in [6, 6.07) is 7.19. The Morgan fingerprint density at radius 1 is 0.727 bits per heavy atom. The SMILES string of the molecule is Nc1ccc(NC(=O)c2c(CC3CO3)c(CC3CO3)c(N)c(CC3CO3)c2CC2CO2)cc1. The summed E-state index contributed by atoms with van der Waals surface area (Å²) in [5, 5.41) is 3.09. The van der Waals surface area contributed by atoms with E-state index in [2.05, 4.69) is 5.32 Å². The molecule has 4 heterocycles. The van der Waals surface area contributed by atoms with Crippen LogP contribution in [-0.4, -0.2) is 56.8 Å². The van der Waals surface area contributed by atoms with Gasteiger partial charge in [0.2, 0.25) is 0 Å². The second-order valence-electron chi connectivity index (χ2n) is 9.42. The Balaban J connectivity index is 1.47. The van der Waals surface area contributed by atoms with Crippen molar-refractivity contribution >= 4 is 23.0 Å². The molecule has 0 radical (unpaired) electrons. The van der Waals surface area contributed by atoms with E-state index in [1.54, 1.807) is 12.1 Å². The first kappa shape index (κ1) is 20.9. The zero-order valence-electron chi connectivity index (χ0n) is 18.5. The van der Waals surface area contributed by atoms with Crippen molar-refractivity contribution < 1.29 is 23.7 Å². The molecule has 8 heteroatoms. The van der Waals surface area contributed by atoms with Crippen molar-refractivity contribution in [2.75, 3.05) is 43.2 Å². The van der Waals surface area contributed by atoms with Gasteiger partial charge in [-0.05, 0) is 46.5 Å². The molecule has 5 N–H and O–H groups in total. The van der Waals surface area contributed by atoms with Crippen molar-refractivity contribution in [2.24, 2.45) is 0 Å². The van der Waals surface area contributed by atoms with Crippen molar-refractivity contribution in [1.29, 1.82) is 0 Å². The van der Waals surface area contributed by atoms with Crippen LogP contribution in [0.25, 0.3) is 0 Å². The Bertz CT molecular complexity index is 1020. The topological polar surface area (TPSA) is 131 Å². The molecule has 4 fully saturated rings. The molecule has 4 aliphatic rings. The minimum atomic E-state index is -0.137. The van der Waals surface area contributed by atoms with Gasteiger partial charge in [-0.15, -0.1) is 0 Å². The molecule has 4 unspecified atom stereocenters. The highest BCUT2D eigenvalue weighted by Crippen LogP contribution is 2.39. The molecular weight excluding hydrogens is 422 g/mol. The Morgan fingerprint density at radius 3 is 1.52 bits per heavy atom. The number of anilines is 3. The van der Waals surface area contributed by atoms with Crippen molar-refractivity contribution in [3.05, 3.63) is 52.1 Å². The van der Waals surface area contributed by atoms with Crippen LogP contribution in [0.5, 0.6) is 0 Å². The number of nitrogens with one attached hydrogen (secondary N) is 1. The average molecular weight is 452 g/mol. The number of epoxide rings is 4. The zero-order chi connectivity index (χ0) is 22.5. The lowest BCUT2D eigenvalue weighted by molar-refractivity contribution is 0.102. The average Bonchev–Trinajstić information content (AvgIpc) is 3.61. The third-order valence-corrected chi connectivity index (χ3v) is 6.71. The van der Waals surface area contributed by atoms with Crippen LogP contribution in [0.4, 0.5) is 17.1 Å². The first-order chi connectivity index (χ1) is 16.0. The van der Waals surface area contributed by atoms with E-state index in [9.17, 15) is 4.79 Å². The minimum absolute atomic E-state index is 0.119. The maximum atomic E-state index is 13.8. The number of amides is 1. The second-order valence-corrected chi connectivity index (χ2v) is 9.42. The maximum Gasteiger partial charge on any atom is 0.256 e. The molecule has 0 aromatic heterocycles. The predicted molar refractivity (Wildman–Crippen MR) is 123 cm³/mol. The number of ether oxygens (including phenoxy) is 4. The van der Waals surface area contributed by atoms with Crippen LogP contribution in [0.3, 0.4) is 0 Å². The molecule has 4 aliphatic heterocycles. The number of benzene rings is 2. The van der Waals surface area contributed by atoms with Gasteiger partial charge in [-0.2, -0.15) is 0 Å². The molecule has 8 nitrogen and oxygen atoms in total. The van der Waals surface area contributed by atoms with E-state index in [0.717, 1.165) is 41.2 Å². The predicted octanol–water partition coefficient (Wildman–Crippen LogP) is 1.87. The van der Waals surface area contributed by atoms with Gasteiger partial charge in [0, 0.05) is 48.3 Å². The molecule has 174 valence electrons. The lowest BCUT2D eigenvalue weighted by Crippen LogP contribution is -2.24. The molecule has 2 aromatic rings. The molecule has 4 atom stereocenters. The Kier molecular flexibility index (Phi) is 5.25. The molecule has 33 heavy (non-hydrogen) atoms. The third-order valence-electron chi connectivity index (χ3n) is 6.71. The van der Waals surface area contributed by atoms with E-state index in [1.807, 2.05) is 12.1 Å². The zero-order valence-corrected chi connectivity index (χ0v) is 18.5. The van der Waals surface area contributed by atoms with Gasteiger partial charge in [-0.25, -0.2) is 0 Å². The van der Waals surface area contributed by atoms with Gasteiger partial charge in [0.05, 0.1) is 50.8 Å². The van der Waals surface area contributed by atoms with Crippen molar-refractivity contribution in [3.63, 3.8) is 0 Å². The molecule has 0 spiro atoms. The van der Waals surface area contributed by atoms with Gasteiger partial charge >= 0.3 is 0 Å². The maximum absolute atomic E-state index is 13.8. The number of nitrogen functional groups attached to an aromatic ring is 2. The minimum Gasteiger partial charge on any atom is -0.399 e. The van der Waals surface area contributed by atoms with Crippen LogP contribution in [0.15, 0.2) is 24.3 Å². The van der Waals surface area contributed by atoms with Crippen LogP contribution in [0.2, 0.25) is 0 Å². The quantitative estimate of drug-likeness (QED) is 0.371. The molecule has 0 aliphatic carbocycles. The lowest BCUT2D eigenvalue weighted by atomic mass is 9.82. The van der Waals surface area contributed by atoms with Crippen LogP contribution < -0.4 is 16.8 Å². The monoisotopic (exact) mass is 451 g/mol. The highest BCUT2D eigenvalue weighted by Gasteiger charge is 2.37. The summed E-state index contributed by atoms with van der Waals surface area (Å²) in [6.07, 6.45) is 3.28. The number of hydrogen-bond donors (Lipinski definition) is 3. The molecule has 2 aromatic carbocycles. The largest absolute Gasteiger partial charge is 0.399 e. The molecule has 6 rings (SSSR count). The fraction of sp³-hybridized carbons (Fsp3) is 0.480. The van der Waals surface area contributed by atoms with E-state index in [0.29, 0.717) is 55.8 Å². The highest BCUT2D eigenvalue weighted by molar-refractivity contribution is 6.07. The lowest BCUT2D eigenvalue weighted by Gasteiger charge is -2.24. The number of hydrogen-bond acceptors (Lipinski definition) is 7. The summed E-state index contributed by atoms with van der Waals surface area (Å²) in [6.45, 7) is 2.86. The Labute approximate surface area is 192 Å². The standard InChI is InChI=1S/C25H29N3O5/c26-13-1-3-14(4-2-13)28-25(29)23-19(5-15-9-30-15)21(7-17-11-32-17)24(27)22(8-18-12-33-18)20(23)6-16-10-31-16/h1-4,15-18H,5-12,26-27H2,(H,28,29). The summed E-state index contributed by atoms with van der Waals surface area (Å²) in [5.74, 6) is -0.137. The Morgan fingerprint density at radius 2 is 1.12 bits per heavy atom. The molecule has 0 bridgehead atoms. The fourth-order valence-electron chi connectivity index (χ4n) is 4.60. The van der Waals surface area contributed by atoms with E-state index in [4.69, 9.17) is 30.4 Å². The third kappa shape index (κ3) is 4.84. The Hall–Kier alpha value is -2.65.